The van der Waals surface area contributed by atoms with E-state index in [2.05, 4.69) is 10.5 Å². The highest BCUT2D eigenvalue weighted by Crippen LogP contribution is 2.65. The summed E-state index contributed by atoms with van der Waals surface area (Å²) < 4.78 is 0. The number of phenolic OH excluding ortho intramolecular Hbond substituents is 1. The molecule has 0 unspecified atom stereocenters. The van der Waals surface area contributed by atoms with Crippen LogP contribution in [0.15, 0.2) is 29.4 Å². The van der Waals surface area contributed by atoms with E-state index in [-0.39, 0.29) is 17.6 Å². The molecule has 0 saturated heterocycles. The van der Waals surface area contributed by atoms with E-state index in [9.17, 15) is 9.90 Å². The maximum absolute atomic E-state index is 11.8. The molecule has 18 heavy (non-hydrogen) atoms. The summed E-state index contributed by atoms with van der Waals surface area (Å²) >= 11 is 0. The number of nitrogens with one attached hydrogen (secondary N) is 1. The molecule has 3 rings (SSSR count). The standard InChI is InChI=1S/C14H16N2O2/c17-12-5-2-1-4-10(12)9-15-16-13(18)11-8-14(11)6-3-7-14/h1-2,4-5,9,11,17H,3,6-8H2,(H,16,18)/b15-9+/t11-/m0/s1. The van der Waals surface area contributed by atoms with E-state index < -0.39 is 0 Å². The molecule has 2 saturated carbocycles. The molecule has 0 aromatic heterocycles. The summed E-state index contributed by atoms with van der Waals surface area (Å²) in [4.78, 5) is 11.8. The summed E-state index contributed by atoms with van der Waals surface area (Å²) in [6.45, 7) is 0. The van der Waals surface area contributed by atoms with Crippen LogP contribution < -0.4 is 5.43 Å². The van der Waals surface area contributed by atoms with Gasteiger partial charge in [0.1, 0.15) is 5.75 Å². The predicted octanol–water partition coefficient (Wildman–Crippen LogP) is 2.03. The summed E-state index contributed by atoms with van der Waals surface area (Å²) in [6, 6.07) is 6.89. The number of hydrazone groups is 1. The predicted molar refractivity (Wildman–Crippen MR) is 68.2 cm³/mol. The molecular formula is C14H16N2O2. The lowest BCUT2D eigenvalue weighted by Gasteiger charge is -2.25. The number of hydrogen-bond donors (Lipinski definition) is 2. The number of benzene rings is 1. The molecule has 1 atom stereocenters. The zero-order valence-electron chi connectivity index (χ0n) is 10.1. The van der Waals surface area contributed by atoms with Gasteiger partial charge in [-0.2, -0.15) is 5.10 Å². The number of aromatic hydroxyl groups is 1. The van der Waals surface area contributed by atoms with Crippen molar-refractivity contribution in [1.82, 2.24) is 5.43 Å². The molecule has 0 bridgehead atoms. The minimum Gasteiger partial charge on any atom is -0.507 e. The molecule has 2 aliphatic carbocycles. The van der Waals surface area contributed by atoms with Crippen LogP contribution in [0.25, 0.3) is 0 Å². The van der Waals surface area contributed by atoms with Crippen molar-refractivity contribution in [3.63, 3.8) is 0 Å². The summed E-state index contributed by atoms with van der Waals surface area (Å²) in [6.07, 6.45) is 6.13. The Morgan fingerprint density at radius 3 is 2.83 bits per heavy atom. The number of para-hydroxylation sites is 1. The zero-order chi connectivity index (χ0) is 12.6. The smallest absolute Gasteiger partial charge is 0.243 e. The first kappa shape index (κ1) is 11.3. The van der Waals surface area contributed by atoms with Crippen molar-refractivity contribution < 1.29 is 9.90 Å². The summed E-state index contributed by atoms with van der Waals surface area (Å²) in [5.41, 5.74) is 3.49. The van der Waals surface area contributed by atoms with E-state index in [1.807, 2.05) is 6.07 Å². The molecule has 0 heterocycles. The second kappa shape index (κ2) is 4.12. The SMILES string of the molecule is O=C(N/N=C/c1ccccc1O)[C@@H]1CC12CCC2. The molecule has 94 valence electrons. The molecule has 2 fully saturated rings. The Balaban J connectivity index is 1.55. The summed E-state index contributed by atoms with van der Waals surface area (Å²) in [7, 11) is 0. The fraction of sp³-hybridized carbons (Fsp3) is 0.429. The van der Waals surface area contributed by atoms with Crippen LogP contribution in [-0.2, 0) is 4.79 Å². The molecule has 0 aliphatic heterocycles. The first-order valence-electron chi connectivity index (χ1n) is 6.32. The number of hydrogen-bond acceptors (Lipinski definition) is 3. The number of amides is 1. The van der Waals surface area contributed by atoms with Gasteiger partial charge in [0.05, 0.1) is 6.21 Å². The van der Waals surface area contributed by atoms with E-state index in [1.54, 1.807) is 18.2 Å². The monoisotopic (exact) mass is 244 g/mol. The van der Waals surface area contributed by atoms with Crippen molar-refractivity contribution in [1.29, 1.82) is 0 Å². The molecular weight excluding hydrogens is 228 g/mol. The maximum Gasteiger partial charge on any atom is 0.243 e. The Morgan fingerprint density at radius 1 is 1.44 bits per heavy atom. The van der Waals surface area contributed by atoms with Crippen molar-refractivity contribution in [2.24, 2.45) is 16.4 Å². The Morgan fingerprint density at radius 2 is 2.22 bits per heavy atom. The molecule has 2 aliphatic rings. The normalized spacial score (nSPS) is 23.9. The van der Waals surface area contributed by atoms with Crippen molar-refractivity contribution in [3.8, 4) is 5.75 Å². The van der Waals surface area contributed by atoms with Crippen molar-refractivity contribution in [2.45, 2.75) is 25.7 Å². The molecule has 4 heteroatoms. The largest absolute Gasteiger partial charge is 0.507 e. The third-order valence-corrected chi connectivity index (χ3v) is 4.17. The van der Waals surface area contributed by atoms with E-state index in [4.69, 9.17) is 0 Å². The van der Waals surface area contributed by atoms with Gasteiger partial charge in [0.25, 0.3) is 0 Å². The first-order chi connectivity index (χ1) is 8.71. The topological polar surface area (TPSA) is 61.7 Å². The Bertz CT molecular complexity index is 506. The van der Waals surface area contributed by atoms with Crippen LogP contribution in [0, 0.1) is 11.3 Å². The van der Waals surface area contributed by atoms with Crippen LogP contribution in [0.3, 0.4) is 0 Å². The summed E-state index contributed by atoms with van der Waals surface area (Å²) in [5, 5.41) is 13.4. The van der Waals surface area contributed by atoms with Crippen LogP contribution in [-0.4, -0.2) is 17.2 Å². The van der Waals surface area contributed by atoms with E-state index in [1.165, 1.54) is 25.5 Å². The van der Waals surface area contributed by atoms with Gasteiger partial charge in [-0.3, -0.25) is 4.79 Å². The first-order valence-corrected chi connectivity index (χ1v) is 6.32. The van der Waals surface area contributed by atoms with E-state index in [0.29, 0.717) is 11.0 Å². The van der Waals surface area contributed by atoms with Crippen LogP contribution in [0.1, 0.15) is 31.2 Å². The van der Waals surface area contributed by atoms with Crippen molar-refractivity contribution >= 4 is 12.1 Å². The number of carbonyl (C=O) groups is 1. The van der Waals surface area contributed by atoms with Gasteiger partial charge in [-0.05, 0) is 36.8 Å². The lowest BCUT2D eigenvalue weighted by molar-refractivity contribution is -0.123. The Labute approximate surface area is 106 Å². The van der Waals surface area contributed by atoms with Crippen LogP contribution in [0.5, 0.6) is 5.75 Å². The third kappa shape index (κ3) is 1.88. The maximum atomic E-state index is 11.8. The van der Waals surface area contributed by atoms with Gasteiger partial charge in [-0.1, -0.05) is 18.6 Å². The minimum absolute atomic E-state index is 0.0152. The fourth-order valence-electron chi connectivity index (χ4n) is 2.74. The highest BCUT2D eigenvalue weighted by molar-refractivity contribution is 5.86. The average Bonchev–Trinajstić information content (AvgIpc) is 3.07. The van der Waals surface area contributed by atoms with Crippen LogP contribution in [0.2, 0.25) is 0 Å². The highest BCUT2D eigenvalue weighted by Gasteiger charge is 2.60. The van der Waals surface area contributed by atoms with Crippen molar-refractivity contribution in [2.75, 3.05) is 0 Å². The number of nitrogens with zero attached hydrogens (tertiary/aromatic N) is 1. The quantitative estimate of drug-likeness (QED) is 0.631. The minimum atomic E-state index is 0.0152. The van der Waals surface area contributed by atoms with Crippen molar-refractivity contribution in [3.05, 3.63) is 29.8 Å². The van der Waals surface area contributed by atoms with E-state index in [0.717, 1.165) is 6.42 Å². The molecule has 0 radical (unpaired) electrons. The molecule has 1 aromatic carbocycles. The average molecular weight is 244 g/mol. The molecule has 4 nitrogen and oxygen atoms in total. The van der Waals surface area contributed by atoms with Crippen LogP contribution in [0.4, 0.5) is 0 Å². The van der Waals surface area contributed by atoms with Gasteiger partial charge < -0.3 is 5.11 Å². The number of phenols is 1. The van der Waals surface area contributed by atoms with E-state index >= 15 is 0 Å². The fourth-order valence-corrected chi connectivity index (χ4v) is 2.74. The van der Waals surface area contributed by atoms with Gasteiger partial charge >= 0.3 is 0 Å². The molecule has 1 spiro atoms. The third-order valence-electron chi connectivity index (χ3n) is 4.17. The van der Waals surface area contributed by atoms with Gasteiger partial charge in [0, 0.05) is 11.5 Å². The molecule has 2 N–H and O–H groups in total. The molecule has 1 amide bonds. The Hall–Kier alpha value is -1.84. The highest BCUT2D eigenvalue weighted by atomic mass is 16.3. The zero-order valence-corrected chi connectivity index (χ0v) is 10.1. The van der Waals surface area contributed by atoms with Crippen LogP contribution >= 0.6 is 0 Å². The summed E-state index contributed by atoms with van der Waals surface area (Å²) in [5.74, 6) is 0.339. The van der Waals surface area contributed by atoms with Gasteiger partial charge in [-0.15, -0.1) is 0 Å². The Kier molecular flexibility index (Phi) is 2.58. The lowest BCUT2D eigenvalue weighted by atomic mass is 9.80. The second-order valence-corrected chi connectivity index (χ2v) is 5.27. The number of carbonyl (C=O) groups excluding carboxylic acids is 1. The van der Waals surface area contributed by atoms with Gasteiger partial charge in [-0.25, -0.2) is 5.43 Å². The van der Waals surface area contributed by atoms with Gasteiger partial charge in [0.15, 0.2) is 0 Å². The van der Waals surface area contributed by atoms with Gasteiger partial charge in [0.2, 0.25) is 5.91 Å². The molecule has 1 aromatic rings. The second-order valence-electron chi connectivity index (χ2n) is 5.27. The number of rotatable bonds is 3. The lowest BCUT2D eigenvalue weighted by Crippen LogP contribution is -2.26.